The van der Waals surface area contributed by atoms with Crippen LogP contribution in [-0.4, -0.2) is 54.4 Å². The Morgan fingerprint density at radius 1 is 1.60 bits per heavy atom. The second kappa shape index (κ2) is 5.19. The van der Waals surface area contributed by atoms with E-state index in [0.29, 0.717) is 5.82 Å². The van der Waals surface area contributed by atoms with Crippen LogP contribution in [0.4, 0.5) is 0 Å². The number of nitrogens with one attached hydrogen (secondary N) is 1. The molecule has 0 atom stereocenters. The van der Waals surface area contributed by atoms with Crippen molar-refractivity contribution in [3.05, 3.63) is 12.2 Å². The van der Waals surface area contributed by atoms with Gasteiger partial charge < -0.3 is 4.74 Å². The molecule has 1 aromatic rings. The van der Waals surface area contributed by atoms with E-state index in [2.05, 4.69) is 15.2 Å². The Morgan fingerprint density at radius 2 is 2.33 bits per heavy atom. The van der Waals surface area contributed by atoms with Crippen LogP contribution >= 0.6 is 0 Å². The van der Waals surface area contributed by atoms with Crippen molar-refractivity contribution in [2.75, 3.05) is 26.5 Å². The van der Waals surface area contributed by atoms with E-state index in [4.69, 9.17) is 4.74 Å². The zero-order valence-electron chi connectivity index (χ0n) is 8.67. The molecule has 1 N–H and O–H groups in total. The van der Waals surface area contributed by atoms with E-state index < -0.39 is 10.0 Å². The maximum absolute atomic E-state index is 11.6. The van der Waals surface area contributed by atoms with Gasteiger partial charge in [-0.3, -0.25) is 5.10 Å². The third kappa shape index (κ3) is 3.57. The van der Waals surface area contributed by atoms with Gasteiger partial charge in [0.1, 0.15) is 12.2 Å². The van der Waals surface area contributed by atoms with Gasteiger partial charge in [-0.1, -0.05) is 0 Å². The Hall–Kier alpha value is -0.990. The normalized spacial score (nSPS) is 12.2. The summed E-state index contributed by atoms with van der Waals surface area (Å²) in [5, 5.41) is 6.23. The summed E-state index contributed by atoms with van der Waals surface area (Å²) >= 11 is 0. The first-order valence-electron chi connectivity index (χ1n) is 4.33. The van der Waals surface area contributed by atoms with E-state index in [1.165, 1.54) is 24.8 Å². The minimum Gasteiger partial charge on any atom is -0.384 e. The fourth-order valence-electron chi connectivity index (χ4n) is 0.961. The molecule has 7 nitrogen and oxygen atoms in total. The van der Waals surface area contributed by atoms with Crippen LogP contribution in [0.5, 0.6) is 0 Å². The molecule has 1 heterocycles. The quantitative estimate of drug-likeness (QED) is 0.697. The van der Waals surface area contributed by atoms with Crippen LogP contribution in [0.3, 0.4) is 0 Å². The molecule has 0 bridgehead atoms. The molecule has 0 aliphatic rings. The van der Waals surface area contributed by atoms with Gasteiger partial charge in [-0.2, -0.15) is 9.40 Å². The first-order chi connectivity index (χ1) is 7.06. The summed E-state index contributed by atoms with van der Waals surface area (Å²) in [6, 6.07) is 0. The Kier molecular flexibility index (Phi) is 4.18. The summed E-state index contributed by atoms with van der Waals surface area (Å²) in [5.41, 5.74) is 0. The monoisotopic (exact) mass is 234 g/mol. The van der Waals surface area contributed by atoms with Gasteiger partial charge in [0.25, 0.3) is 0 Å². The summed E-state index contributed by atoms with van der Waals surface area (Å²) in [7, 11) is -0.320. The van der Waals surface area contributed by atoms with Crippen LogP contribution in [-0.2, 0) is 21.3 Å². The lowest BCUT2D eigenvalue weighted by atomic mass is 10.6. The van der Waals surface area contributed by atoms with Crippen LogP contribution in [0.2, 0.25) is 0 Å². The molecule has 15 heavy (non-hydrogen) atoms. The topological polar surface area (TPSA) is 88.2 Å². The van der Waals surface area contributed by atoms with Crippen molar-refractivity contribution < 1.29 is 13.2 Å². The first-order valence-corrected chi connectivity index (χ1v) is 5.94. The van der Waals surface area contributed by atoms with E-state index in [1.807, 2.05) is 0 Å². The highest BCUT2D eigenvalue weighted by molar-refractivity contribution is 7.89. The second-order valence-corrected chi connectivity index (χ2v) is 5.19. The van der Waals surface area contributed by atoms with Gasteiger partial charge in [0.2, 0.25) is 10.0 Å². The number of sulfonamides is 1. The number of rotatable bonds is 6. The van der Waals surface area contributed by atoms with Gasteiger partial charge in [-0.15, -0.1) is 0 Å². The van der Waals surface area contributed by atoms with Crippen molar-refractivity contribution in [3.8, 4) is 0 Å². The molecule has 0 spiro atoms. The smallest absolute Gasteiger partial charge is 0.216 e. The van der Waals surface area contributed by atoms with Gasteiger partial charge in [0, 0.05) is 14.2 Å². The predicted octanol–water partition coefficient (Wildman–Crippen LogP) is -0.787. The highest BCUT2D eigenvalue weighted by atomic mass is 32.2. The molecule has 0 aliphatic heterocycles. The average molecular weight is 234 g/mol. The molecular weight excluding hydrogens is 220 g/mol. The number of aromatic nitrogens is 3. The van der Waals surface area contributed by atoms with Crippen molar-refractivity contribution in [2.45, 2.75) is 6.54 Å². The standard InChI is InChI=1S/C7H14N4O3S/c1-11(5-7-8-6-9-10-7)15(12,13)4-3-14-2/h6H,3-5H2,1-2H3,(H,8,9,10). The minimum absolute atomic E-state index is 0.0336. The van der Waals surface area contributed by atoms with Gasteiger partial charge in [-0.25, -0.2) is 13.4 Å². The van der Waals surface area contributed by atoms with Crippen molar-refractivity contribution in [1.29, 1.82) is 0 Å². The highest BCUT2D eigenvalue weighted by Crippen LogP contribution is 2.02. The molecule has 0 aromatic carbocycles. The molecule has 0 aliphatic carbocycles. The van der Waals surface area contributed by atoms with E-state index in [0.717, 1.165) is 0 Å². The van der Waals surface area contributed by atoms with Crippen molar-refractivity contribution in [3.63, 3.8) is 0 Å². The van der Waals surface area contributed by atoms with Gasteiger partial charge in [0.05, 0.1) is 18.9 Å². The van der Waals surface area contributed by atoms with Crippen LogP contribution < -0.4 is 0 Å². The number of ether oxygens (including phenoxy) is 1. The molecule has 0 unspecified atom stereocenters. The Morgan fingerprint density at radius 3 is 2.87 bits per heavy atom. The largest absolute Gasteiger partial charge is 0.384 e. The average Bonchev–Trinajstić information content (AvgIpc) is 2.67. The molecule has 0 amide bonds. The number of nitrogens with zero attached hydrogens (tertiary/aromatic N) is 3. The maximum atomic E-state index is 11.6. The predicted molar refractivity (Wildman–Crippen MR) is 53.5 cm³/mol. The zero-order chi connectivity index (χ0) is 11.3. The summed E-state index contributed by atoms with van der Waals surface area (Å²) in [4.78, 5) is 3.85. The van der Waals surface area contributed by atoms with E-state index in [1.54, 1.807) is 0 Å². The molecule has 0 radical (unpaired) electrons. The molecule has 1 rings (SSSR count). The number of hydrogen-bond donors (Lipinski definition) is 1. The summed E-state index contributed by atoms with van der Waals surface area (Å²) in [6.45, 7) is 0.370. The fourth-order valence-corrected chi connectivity index (χ4v) is 1.97. The van der Waals surface area contributed by atoms with Crippen molar-refractivity contribution in [1.82, 2.24) is 19.5 Å². The molecule has 1 aromatic heterocycles. The van der Waals surface area contributed by atoms with Gasteiger partial charge >= 0.3 is 0 Å². The number of methoxy groups -OCH3 is 1. The van der Waals surface area contributed by atoms with E-state index >= 15 is 0 Å². The van der Waals surface area contributed by atoms with Gasteiger partial charge in [0.15, 0.2) is 0 Å². The summed E-state index contributed by atoms with van der Waals surface area (Å²) in [5.74, 6) is 0.479. The Balaban J connectivity index is 2.56. The van der Waals surface area contributed by atoms with Crippen molar-refractivity contribution >= 4 is 10.0 Å². The lowest BCUT2D eigenvalue weighted by Gasteiger charge is -2.14. The van der Waals surface area contributed by atoms with Crippen LogP contribution in [0, 0.1) is 0 Å². The third-order valence-corrected chi connectivity index (χ3v) is 3.62. The fraction of sp³-hybridized carbons (Fsp3) is 0.714. The van der Waals surface area contributed by atoms with E-state index in [-0.39, 0.29) is 18.9 Å². The summed E-state index contributed by atoms with van der Waals surface area (Å²) in [6.07, 6.45) is 1.34. The zero-order valence-corrected chi connectivity index (χ0v) is 9.49. The van der Waals surface area contributed by atoms with Crippen molar-refractivity contribution in [2.24, 2.45) is 0 Å². The molecule has 86 valence electrons. The Labute approximate surface area is 88.5 Å². The van der Waals surface area contributed by atoms with Gasteiger partial charge in [-0.05, 0) is 0 Å². The minimum atomic E-state index is -3.28. The molecule has 0 fully saturated rings. The lowest BCUT2D eigenvalue weighted by Crippen LogP contribution is -2.30. The molecule has 8 heteroatoms. The lowest BCUT2D eigenvalue weighted by molar-refractivity contribution is 0.215. The van der Waals surface area contributed by atoms with Crippen LogP contribution in [0.15, 0.2) is 6.33 Å². The Bertz CT molecular complexity index is 375. The second-order valence-electron chi connectivity index (χ2n) is 3.00. The molecular formula is C7H14N4O3S. The molecule has 0 saturated carbocycles. The van der Waals surface area contributed by atoms with E-state index in [9.17, 15) is 8.42 Å². The van der Waals surface area contributed by atoms with Crippen LogP contribution in [0.1, 0.15) is 5.82 Å². The first kappa shape index (κ1) is 12.1. The SMILES string of the molecule is COCCS(=O)(=O)N(C)Cc1ncn[nH]1. The maximum Gasteiger partial charge on any atom is 0.216 e. The number of aromatic amines is 1. The third-order valence-electron chi connectivity index (χ3n) is 1.86. The summed E-state index contributed by atoms with van der Waals surface area (Å²) < 4.78 is 29.1. The number of hydrogen-bond acceptors (Lipinski definition) is 5. The van der Waals surface area contributed by atoms with Crippen LogP contribution in [0.25, 0.3) is 0 Å². The highest BCUT2D eigenvalue weighted by Gasteiger charge is 2.18. The molecule has 0 saturated heterocycles. The number of H-pyrrole nitrogens is 1.